The highest BCUT2D eigenvalue weighted by Crippen LogP contribution is 2.46. The summed E-state index contributed by atoms with van der Waals surface area (Å²) in [6.45, 7) is 3.23. The third kappa shape index (κ3) is 1.64. The number of fused-ring (bicyclic) bond motifs is 3. The van der Waals surface area contributed by atoms with Crippen LogP contribution in [0, 0.1) is 6.92 Å². The van der Waals surface area contributed by atoms with Crippen LogP contribution in [0.2, 0.25) is 0 Å². The molecule has 0 bridgehead atoms. The van der Waals surface area contributed by atoms with E-state index in [0.717, 1.165) is 28.1 Å². The van der Waals surface area contributed by atoms with Crippen LogP contribution in [0.15, 0.2) is 29.2 Å². The third-order valence-electron chi connectivity index (χ3n) is 3.39. The van der Waals surface area contributed by atoms with Crippen molar-refractivity contribution in [3.63, 3.8) is 0 Å². The molecule has 0 unspecified atom stereocenters. The first-order valence-electron chi connectivity index (χ1n) is 5.74. The number of hydrogen-bond donors (Lipinski definition) is 2. The first-order valence-corrected chi connectivity index (χ1v) is 7.18. The first kappa shape index (κ1) is 12.1. The minimum atomic E-state index is -4.23. The maximum Gasteiger partial charge on any atom is 0.290 e. The summed E-state index contributed by atoms with van der Waals surface area (Å²) >= 11 is 0. The number of H-pyrrole nitrogens is 1. The van der Waals surface area contributed by atoms with Gasteiger partial charge in [0.15, 0.2) is 0 Å². The Balaban J connectivity index is 2.47. The second-order valence-electron chi connectivity index (χ2n) is 4.52. The summed E-state index contributed by atoms with van der Waals surface area (Å²) in [5.41, 5.74) is 4.44. The molecule has 1 aliphatic carbocycles. The zero-order valence-corrected chi connectivity index (χ0v) is 11.2. The van der Waals surface area contributed by atoms with Crippen molar-refractivity contribution in [1.82, 2.24) is 10.2 Å². The Labute approximate surface area is 110 Å². The van der Waals surface area contributed by atoms with E-state index in [-0.39, 0.29) is 4.91 Å². The monoisotopic (exact) mass is 276 g/mol. The molecule has 0 atom stereocenters. The van der Waals surface area contributed by atoms with Gasteiger partial charge in [-0.15, -0.1) is 0 Å². The highest BCUT2D eigenvalue weighted by Gasteiger charge is 2.31. The molecule has 0 spiro atoms. The Morgan fingerprint density at radius 2 is 1.89 bits per heavy atom. The van der Waals surface area contributed by atoms with Crippen LogP contribution >= 0.6 is 0 Å². The SMILES string of the molecule is C/C(=C1\c2ccccc2-c2n[nH]c(C)c21)S(=O)(=O)O. The molecule has 0 aliphatic heterocycles. The average molecular weight is 276 g/mol. The smallest absolute Gasteiger partial charge is 0.282 e. The molecule has 2 N–H and O–H groups in total. The fourth-order valence-corrected chi connectivity index (χ4v) is 2.94. The molecular weight excluding hydrogens is 264 g/mol. The lowest BCUT2D eigenvalue weighted by Crippen LogP contribution is -2.02. The molecule has 0 radical (unpaired) electrons. The van der Waals surface area contributed by atoms with E-state index in [4.69, 9.17) is 0 Å². The molecule has 0 saturated heterocycles. The summed E-state index contributed by atoms with van der Waals surface area (Å²) < 4.78 is 32.2. The van der Waals surface area contributed by atoms with Crippen molar-refractivity contribution in [2.75, 3.05) is 0 Å². The van der Waals surface area contributed by atoms with Crippen LogP contribution < -0.4 is 0 Å². The number of nitrogens with zero attached hydrogens (tertiary/aromatic N) is 1. The fraction of sp³-hybridized carbons (Fsp3) is 0.154. The van der Waals surface area contributed by atoms with Gasteiger partial charge in [-0.1, -0.05) is 24.3 Å². The highest BCUT2D eigenvalue weighted by atomic mass is 32.2. The summed E-state index contributed by atoms with van der Waals surface area (Å²) in [7, 11) is -4.23. The second kappa shape index (κ2) is 3.79. The maximum absolute atomic E-state index is 11.4. The largest absolute Gasteiger partial charge is 0.290 e. The van der Waals surface area contributed by atoms with Gasteiger partial charge in [-0.25, -0.2) is 0 Å². The zero-order chi connectivity index (χ0) is 13.8. The minimum Gasteiger partial charge on any atom is -0.282 e. The van der Waals surface area contributed by atoms with Crippen molar-refractivity contribution >= 4 is 15.7 Å². The molecule has 1 aliphatic rings. The minimum absolute atomic E-state index is 0.0526. The van der Waals surface area contributed by atoms with Crippen molar-refractivity contribution in [1.29, 1.82) is 0 Å². The van der Waals surface area contributed by atoms with Crippen LogP contribution in [0.25, 0.3) is 16.8 Å². The molecule has 3 rings (SSSR count). The Bertz CT molecular complexity index is 816. The quantitative estimate of drug-likeness (QED) is 0.668. The summed E-state index contributed by atoms with van der Waals surface area (Å²) in [5.74, 6) is 0. The number of hydrogen-bond acceptors (Lipinski definition) is 3. The van der Waals surface area contributed by atoms with Gasteiger partial charge in [-0.2, -0.15) is 13.5 Å². The molecule has 0 saturated carbocycles. The van der Waals surface area contributed by atoms with Gasteiger partial charge < -0.3 is 0 Å². The van der Waals surface area contributed by atoms with Crippen LogP contribution in [-0.2, 0) is 10.1 Å². The van der Waals surface area contributed by atoms with Crippen molar-refractivity contribution < 1.29 is 13.0 Å². The molecule has 6 heteroatoms. The normalized spacial score (nSPS) is 16.2. The Morgan fingerprint density at radius 3 is 2.53 bits per heavy atom. The number of allylic oxidation sites excluding steroid dienone is 1. The number of aryl methyl sites for hydroxylation is 1. The number of aromatic amines is 1. The second-order valence-corrected chi connectivity index (χ2v) is 6.09. The van der Waals surface area contributed by atoms with Crippen LogP contribution in [0.3, 0.4) is 0 Å². The highest BCUT2D eigenvalue weighted by molar-refractivity contribution is 7.90. The average Bonchev–Trinajstić information content (AvgIpc) is 2.86. The topological polar surface area (TPSA) is 83.0 Å². The van der Waals surface area contributed by atoms with E-state index in [2.05, 4.69) is 10.2 Å². The summed E-state index contributed by atoms with van der Waals surface area (Å²) in [4.78, 5) is -0.0526. The predicted octanol–water partition coefficient (Wildman–Crippen LogP) is 2.37. The first-order chi connectivity index (χ1) is 8.91. The zero-order valence-electron chi connectivity index (χ0n) is 10.4. The molecule has 19 heavy (non-hydrogen) atoms. The Hall–Kier alpha value is -1.92. The summed E-state index contributed by atoms with van der Waals surface area (Å²) in [6.07, 6.45) is 0. The summed E-state index contributed by atoms with van der Waals surface area (Å²) in [6, 6.07) is 7.43. The number of nitrogens with one attached hydrogen (secondary N) is 1. The molecule has 2 aromatic rings. The van der Waals surface area contributed by atoms with E-state index in [0.29, 0.717) is 5.57 Å². The van der Waals surface area contributed by atoms with Gasteiger partial charge in [0.2, 0.25) is 0 Å². The van der Waals surface area contributed by atoms with E-state index in [1.54, 1.807) is 0 Å². The molecule has 1 aromatic carbocycles. The van der Waals surface area contributed by atoms with Crippen molar-refractivity contribution in [2.45, 2.75) is 13.8 Å². The van der Waals surface area contributed by atoms with Gasteiger partial charge in [-0.05, 0) is 19.4 Å². The molecule has 0 amide bonds. The Kier molecular flexibility index (Phi) is 2.42. The van der Waals surface area contributed by atoms with E-state index >= 15 is 0 Å². The molecule has 5 nitrogen and oxygen atoms in total. The predicted molar refractivity (Wildman–Crippen MR) is 72.0 cm³/mol. The van der Waals surface area contributed by atoms with E-state index in [1.807, 2.05) is 31.2 Å². The number of rotatable bonds is 1. The van der Waals surface area contributed by atoms with Crippen LogP contribution in [-0.4, -0.2) is 23.2 Å². The Morgan fingerprint density at radius 1 is 1.26 bits per heavy atom. The molecule has 1 aromatic heterocycles. The van der Waals surface area contributed by atoms with Crippen molar-refractivity contribution in [3.05, 3.63) is 46.0 Å². The molecule has 0 fully saturated rings. The lowest BCUT2D eigenvalue weighted by atomic mass is 10.0. The van der Waals surface area contributed by atoms with Crippen LogP contribution in [0.1, 0.15) is 23.7 Å². The lowest BCUT2D eigenvalue weighted by Gasteiger charge is -2.06. The standard InChI is InChI=1S/C13H12N2O3S/c1-7-11-12(8(2)19(16,17)18)9-5-3-4-6-10(9)13(11)15-14-7/h3-6H,1-2H3,(H,14,15)(H,16,17,18)/b12-8-. The van der Waals surface area contributed by atoms with Gasteiger partial charge in [0.1, 0.15) is 5.69 Å². The van der Waals surface area contributed by atoms with Crippen molar-refractivity contribution in [3.8, 4) is 11.3 Å². The molecule has 1 heterocycles. The van der Waals surface area contributed by atoms with Gasteiger partial charge >= 0.3 is 0 Å². The van der Waals surface area contributed by atoms with E-state index in [9.17, 15) is 13.0 Å². The molecule has 98 valence electrons. The van der Waals surface area contributed by atoms with Gasteiger partial charge in [0, 0.05) is 22.4 Å². The summed E-state index contributed by atoms with van der Waals surface area (Å²) in [5, 5.41) is 7.07. The van der Waals surface area contributed by atoms with E-state index < -0.39 is 10.1 Å². The fourth-order valence-electron chi connectivity index (χ4n) is 2.47. The van der Waals surface area contributed by atoms with E-state index in [1.165, 1.54) is 6.92 Å². The van der Waals surface area contributed by atoms with Crippen LogP contribution in [0.5, 0.6) is 0 Å². The lowest BCUT2D eigenvalue weighted by molar-refractivity contribution is 0.491. The van der Waals surface area contributed by atoms with Gasteiger partial charge in [0.05, 0.1) is 4.91 Å². The van der Waals surface area contributed by atoms with Gasteiger partial charge in [0.25, 0.3) is 10.1 Å². The third-order valence-corrected chi connectivity index (χ3v) is 4.37. The van der Waals surface area contributed by atoms with Crippen molar-refractivity contribution in [2.24, 2.45) is 0 Å². The van der Waals surface area contributed by atoms with Gasteiger partial charge in [-0.3, -0.25) is 9.65 Å². The number of aromatic nitrogens is 2. The number of benzene rings is 1. The maximum atomic E-state index is 11.4. The van der Waals surface area contributed by atoms with Crippen LogP contribution in [0.4, 0.5) is 0 Å². The molecular formula is C13H12N2O3S.